The zero-order valence-electron chi connectivity index (χ0n) is 19.2. The molecular weight excluding hydrogens is 475 g/mol. The maximum absolute atomic E-state index is 13.2. The van der Waals surface area contributed by atoms with E-state index in [1.54, 1.807) is 48.2 Å². The summed E-state index contributed by atoms with van der Waals surface area (Å²) in [7, 11) is -3.58. The third kappa shape index (κ3) is 7.23. The number of carbonyl (C=O) groups is 1. The molecule has 0 aliphatic heterocycles. The highest BCUT2D eigenvalue weighted by atomic mass is 32.2. The lowest BCUT2D eigenvalue weighted by molar-refractivity contribution is -0.123. The van der Waals surface area contributed by atoms with E-state index in [0.29, 0.717) is 17.0 Å². The first-order valence-electron chi connectivity index (χ1n) is 10.5. The van der Waals surface area contributed by atoms with Crippen molar-refractivity contribution in [3.63, 3.8) is 0 Å². The lowest BCUT2D eigenvalue weighted by Crippen LogP contribution is -2.31. The molecule has 0 heterocycles. The van der Waals surface area contributed by atoms with Crippen molar-refractivity contribution < 1.29 is 22.3 Å². The second-order valence-electron chi connectivity index (χ2n) is 7.74. The van der Waals surface area contributed by atoms with E-state index >= 15 is 0 Å². The number of thioether (sulfide) groups is 1. The molecule has 3 rings (SSSR count). The van der Waals surface area contributed by atoms with E-state index in [2.05, 4.69) is 5.32 Å². The van der Waals surface area contributed by atoms with Crippen LogP contribution in [0.15, 0.2) is 77.7 Å². The Labute approximate surface area is 204 Å². The van der Waals surface area contributed by atoms with E-state index in [9.17, 15) is 17.6 Å². The number of nitrogens with zero attached hydrogens (tertiary/aromatic N) is 1. The summed E-state index contributed by atoms with van der Waals surface area (Å²) in [4.78, 5) is 13.5. The molecular formula is C25H27FN2O4S2. The van der Waals surface area contributed by atoms with Gasteiger partial charge in [0.1, 0.15) is 11.6 Å². The Bertz CT molecular complexity index is 1200. The van der Waals surface area contributed by atoms with Gasteiger partial charge in [-0.15, -0.1) is 11.8 Å². The van der Waals surface area contributed by atoms with Crippen molar-refractivity contribution in [2.24, 2.45) is 0 Å². The molecule has 0 aliphatic rings. The van der Waals surface area contributed by atoms with E-state index in [1.165, 1.54) is 16.4 Å². The van der Waals surface area contributed by atoms with Gasteiger partial charge in [-0.25, -0.2) is 12.8 Å². The average molecular weight is 503 g/mol. The molecule has 1 N–H and O–H groups in total. The number of hydrogen-bond acceptors (Lipinski definition) is 5. The fourth-order valence-corrected chi connectivity index (χ4v) is 4.57. The van der Waals surface area contributed by atoms with Gasteiger partial charge in [0.2, 0.25) is 10.0 Å². The molecule has 6 nitrogen and oxygen atoms in total. The molecule has 3 aromatic rings. The van der Waals surface area contributed by atoms with Gasteiger partial charge < -0.3 is 10.1 Å². The molecule has 0 fully saturated rings. The normalized spacial score (nSPS) is 12.1. The Balaban J connectivity index is 1.59. The molecule has 0 bridgehead atoms. The molecule has 3 aromatic carbocycles. The van der Waals surface area contributed by atoms with E-state index in [-0.39, 0.29) is 30.9 Å². The van der Waals surface area contributed by atoms with Crippen LogP contribution in [-0.4, -0.2) is 33.4 Å². The highest BCUT2D eigenvalue weighted by Crippen LogP contribution is 2.24. The summed E-state index contributed by atoms with van der Waals surface area (Å²) in [5.74, 6) is -0.214. The maximum Gasteiger partial charge on any atom is 0.258 e. The van der Waals surface area contributed by atoms with Crippen molar-refractivity contribution >= 4 is 33.4 Å². The van der Waals surface area contributed by atoms with Gasteiger partial charge in [0.05, 0.1) is 24.5 Å². The number of carbonyl (C=O) groups excluding carboxylic acids is 1. The molecule has 0 unspecified atom stereocenters. The Morgan fingerprint density at radius 3 is 2.21 bits per heavy atom. The monoisotopic (exact) mass is 502 g/mol. The van der Waals surface area contributed by atoms with E-state index in [0.717, 1.165) is 16.7 Å². The van der Waals surface area contributed by atoms with Crippen molar-refractivity contribution in [1.29, 1.82) is 0 Å². The smallest absolute Gasteiger partial charge is 0.258 e. The van der Waals surface area contributed by atoms with Gasteiger partial charge in [-0.1, -0.05) is 24.3 Å². The van der Waals surface area contributed by atoms with Crippen LogP contribution in [0.2, 0.25) is 0 Å². The molecule has 1 atom stereocenters. The molecule has 0 radical (unpaired) electrons. The number of amides is 1. The van der Waals surface area contributed by atoms with Gasteiger partial charge in [-0.05, 0) is 72.8 Å². The molecule has 9 heteroatoms. The molecule has 0 saturated heterocycles. The highest BCUT2D eigenvalue weighted by Gasteiger charge is 2.18. The minimum atomic E-state index is -3.58. The summed E-state index contributed by atoms with van der Waals surface area (Å²) >= 11 is 1.66. The molecule has 0 saturated carbocycles. The van der Waals surface area contributed by atoms with Crippen LogP contribution in [0.4, 0.5) is 10.1 Å². The van der Waals surface area contributed by atoms with Crippen molar-refractivity contribution in [3.8, 4) is 5.75 Å². The lowest BCUT2D eigenvalue weighted by atomic mass is 10.1. The summed E-state index contributed by atoms with van der Waals surface area (Å²) in [6.45, 7) is 1.80. The fourth-order valence-electron chi connectivity index (χ4n) is 3.27. The van der Waals surface area contributed by atoms with Gasteiger partial charge >= 0.3 is 0 Å². The third-order valence-corrected chi connectivity index (χ3v) is 7.01. The predicted molar refractivity (Wildman–Crippen MR) is 134 cm³/mol. The van der Waals surface area contributed by atoms with Crippen molar-refractivity contribution in [2.45, 2.75) is 24.4 Å². The van der Waals surface area contributed by atoms with Crippen molar-refractivity contribution in [2.75, 3.05) is 23.4 Å². The van der Waals surface area contributed by atoms with Crippen LogP contribution >= 0.6 is 11.8 Å². The Kier molecular flexibility index (Phi) is 8.57. The van der Waals surface area contributed by atoms with Gasteiger partial charge in [0.25, 0.3) is 5.91 Å². The highest BCUT2D eigenvalue weighted by molar-refractivity contribution is 7.98. The lowest BCUT2D eigenvalue weighted by Gasteiger charge is -2.23. The SMILES string of the molecule is CSc1ccc([C@H](C)NC(=O)COc2ccc(N(Cc3ccc(F)cc3)S(C)(=O)=O)cc2)cc1. The Morgan fingerprint density at radius 2 is 1.65 bits per heavy atom. The van der Waals surface area contributed by atoms with Crippen LogP contribution in [0.25, 0.3) is 0 Å². The second-order valence-corrected chi connectivity index (χ2v) is 10.5. The molecule has 1 amide bonds. The number of rotatable bonds is 10. The van der Waals surface area contributed by atoms with Crippen molar-refractivity contribution in [3.05, 3.63) is 89.7 Å². The van der Waals surface area contributed by atoms with E-state index in [4.69, 9.17) is 4.74 Å². The molecule has 0 aromatic heterocycles. The standard InChI is InChI=1S/C25H27FN2O4S2/c1-18(20-6-14-24(33-2)15-7-20)27-25(29)17-32-23-12-10-22(11-13-23)28(34(3,30)31)16-19-4-8-21(26)9-5-19/h4-15,18H,16-17H2,1-3H3,(H,27,29)/t18-/m0/s1. The van der Waals surface area contributed by atoms with Gasteiger partial charge in [-0.2, -0.15) is 0 Å². The zero-order valence-corrected chi connectivity index (χ0v) is 20.8. The van der Waals surface area contributed by atoms with Crippen LogP contribution in [0.3, 0.4) is 0 Å². The zero-order chi connectivity index (χ0) is 24.7. The van der Waals surface area contributed by atoms with E-state index < -0.39 is 10.0 Å². The van der Waals surface area contributed by atoms with Gasteiger partial charge in [0.15, 0.2) is 6.61 Å². The largest absolute Gasteiger partial charge is 0.484 e. The van der Waals surface area contributed by atoms with Crippen LogP contribution in [0.5, 0.6) is 5.75 Å². The number of benzene rings is 3. The average Bonchev–Trinajstić information content (AvgIpc) is 2.82. The number of hydrogen-bond donors (Lipinski definition) is 1. The van der Waals surface area contributed by atoms with Crippen LogP contribution in [-0.2, 0) is 21.4 Å². The molecule has 0 spiro atoms. The van der Waals surface area contributed by atoms with Crippen LogP contribution in [0.1, 0.15) is 24.1 Å². The third-order valence-electron chi connectivity index (χ3n) is 5.13. The summed E-state index contributed by atoms with van der Waals surface area (Å²) in [6.07, 6.45) is 3.12. The first kappa shape index (κ1) is 25.6. The van der Waals surface area contributed by atoms with E-state index in [1.807, 2.05) is 37.4 Å². The molecule has 0 aliphatic carbocycles. The summed E-state index contributed by atoms with van der Waals surface area (Å²) in [6, 6.07) is 19.9. The first-order chi connectivity index (χ1) is 16.2. The minimum absolute atomic E-state index is 0.0670. The number of nitrogens with one attached hydrogen (secondary N) is 1. The second kappa shape index (κ2) is 11.4. The minimum Gasteiger partial charge on any atom is -0.484 e. The van der Waals surface area contributed by atoms with Crippen LogP contribution in [0, 0.1) is 5.82 Å². The van der Waals surface area contributed by atoms with Crippen LogP contribution < -0.4 is 14.4 Å². The number of sulfonamides is 1. The summed E-state index contributed by atoms with van der Waals surface area (Å²) in [5.41, 5.74) is 2.09. The number of halogens is 1. The number of anilines is 1. The first-order valence-corrected chi connectivity index (χ1v) is 13.6. The summed E-state index contributed by atoms with van der Waals surface area (Å²) in [5, 5.41) is 2.90. The maximum atomic E-state index is 13.2. The Morgan fingerprint density at radius 1 is 1.03 bits per heavy atom. The quantitative estimate of drug-likeness (QED) is 0.404. The molecule has 180 valence electrons. The predicted octanol–water partition coefficient (Wildman–Crippen LogP) is 4.77. The summed E-state index contributed by atoms with van der Waals surface area (Å²) < 4.78 is 44.6. The van der Waals surface area contributed by atoms with Gasteiger partial charge in [-0.3, -0.25) is 9.10 Å². The molecule has 34 heavy (non-hydrogen) atoms. The number of ether oxygens (including phenoxy) is 1. The van der Waals surface area contributed by atoms with Gasteiger partial charge in [0, 0.05) is 4.90 Å². The van der Waals surface area contributed by atoms with Crippen molar-refractivity contribution in [1.82, 2.24) is 5.32 Å². The fraction of sp³-hybridized carbons (Fsp3) is 0.240. The Hall–Kier alpha value is -3.04. The topological polar surface area (TPSA) is 75.7 Å².